The number of rotatable bonds is 2. The number of halogens is 2. The molecule has 1 aliphatic rings. The van der Waals surface area contributed by atoms with E-state index in [9.17, 15) is 8.78 Å². The molecule has 2 aromatic carbocycles. The molecule has 0 saturated heterocycles. The average molecular weight is 337 g/mol. The summed E-state index contributed by atoms with van der Waals surface area (Å²) >= 11 is 0. The first-order valence-electron chi connectivity index (χ1n) is 8.28. The topological polar surface area (TPSA) is 37.8 Å². The van der Waals surface area contributed by atoms with Crippen molar-refractivity contribution >= 4 is 0 Å². The Hall–Kier alpha value is -2.66. The molecule has 4 rings (SSSR count). The van der Waals surface area contributed by atoms with Crippen LogP contribution in [0, 0.1) is 11.6 Å². The standard InChI is InChI=1S/C20H17F2N3/c21-16-9-14(10-17(22)11-16)19-5-7-23-12-15-8-13(3-4-18(15)19)20-2-1-6-24-25-20/h1-4,6,8-11,19,23H,5,7,12H2. The van der Waals surface area contributed by atoms with Crippen molar-refractivity contribution in [1.29, 1.82) is 0 Å². The van der Waals surface area contributed by atoms with Gasteiger partial charge in [-0.05, 0) is 60.0 Å². The van der Waals surface area contributed by atoms with Crippen LogP contribution in [0.3, 0.4) is 0 Å². The monoisotopic (exact) mass is 337 g/mol. The molecule has 25 heavy (non-hydrogen) atoms. The molecule has 1 aliphatic heterocycles. The van der Waals surface area contributed by atoms with Gasteiger partial charge in [-0.15, -0.1) is 0 Å². The molecule has 5 heteroatoms. The molecule has 126 valence electrons. The molecule has 0 spiro atoms. The van der Waals surface area contributed by atoms with Gasteiger partial charge in [0, 0.05) is 30.3 Å². The summed E-state index contributed by atoms with van der Waals surface area (Å²) in [5.41, 5.74) is 4.69. The lowest BCUT2D eigenvalue weighted by molar-refractivity contribution is 0.573. The van der Waals surface area contributed by atoms with Gasteiger partial charge in [0.1, 0.15) is 11.6 Å². The van der Waals surface area contributed by atoms with Crippen LogP contribution in [-0.4, -0.2) is 16.7 Å². The first-order chi connectivity index (χ1) is 12.2. The fraction of sp³-hybridized carbons (Fsp3) is 0.200. The highest BCUT2D eigenvalue weighted by Crippen LogP contribution is 2.34. The van der Waals surface area contributed by atoms with Gasteiger partial charge in [-0.3, -0.25) is 0 Å². The van der Waals surface area contributed by atoms with Crippen LogP contribution in [0.5, 0.6) is 0 Å². The van der Waals surface area contributed by atoms with Gasteiger partial charge in [0.25, 0.3) is 0 Å². The molecule has 2 heterocycles. The van der Waals surface area contributed by atoms with Crippen molar-refractivity contribution in [3.63, 3.8) is 0 Å². The van der Waals surface area contributed by atoms with E-state index >= 15 is 0 Å². The summed E-state index contributed by atoms with van der Waals surface area (Å²) in [6.07, 6.45) is 2.43. The molecule has 0 fully saturated rings. The van der Waals surface area contributed by atoms with Crippen LogP contribution < -0.4 is 5.32 Å². The van der Waals surface area contributed by atoms with E-state index in [1.807, 2.05) is 24.3 Å². The lowest BCUT2D eigenvalue weighted by Gasteiger charge is -2.19. The zero-order valence-electron chi connectivity index (χ0n) is 13.5. The van der Waals surface area contributed by atoms with E-state index in [4.69, 9.17) is 0 Å². The molecular formula is C20H17F2N3. The smallest absolute Gasteiger partial charge is 0.126 e. The van der Waals surface area contributed by atoms with Crippen molar-refractivity contribution < 1.29 is 8.78 Å². The largest absolute Gasteiger partial charge is 0.313 e. The Morgan fingerprint density at radius 2 is 1.84 bits per heavy atom. The SMILES string of the molecule is Fc1cc(F)cc(C2CCNCc3cc(-c4cccnn4)ccc32)c1. The minimum atomic E-state index is -0.537. The van der Waals surface area contributed by atoms with Crippen LogP contribution in [0.4, 0.5) is 8.78 Å². The van der Waals surface area contributed by atoms with Crippen LogP contribution in [0.15, 0.2) is 54.7 Å². The molecule has 3 aromatic rings. The van der Waals surface area contributed by atoms with Gasteiger partial charge in [-0.25, -0.2) is 8.78 Å². The lowest BCUT2D eigenvalue weighted by Crippen LogP contribution is -2.12. The van der Waals surface area contributed by atoms with Crippen molar-refractivity contribution in [3.05, 3.63) is 83.1 Å². The molecule has 1 N–H and O–H groups in total. The minimum Gasteiger partial charge on any atom is -0.313 e. The zero-order valence-corrected chi connectivity index (χ0v) is 13.5. The normalized spacial score (nSPS) is 17.0. The predicted molar refractivity (Wildman–Crippen MR) is 92.0 cm³/mol. The summed E-state index contributed by atoms with van der Waals surface area (Å²) < 4.78 is 27.4. The van der Waals surface area contributed by atoms with E-state index in [1.165, 1.54) is 12.1 Å². The minimum absolute atomic E-state index is 0.0360. The third-order valence-electron chi connectivity index (χ3n) is 4.60. The number of benzene rings is 2. The number of hydrogen-bond donors (Lipinski definition) is 1. The number of aromatic nitrogens is 2. The Kier molecular flexibility index (Phi) is 4.24. The van der Waals surface area contributed by atoms with E-state index in [-0.39, 0.29) is 5.92 Å². The highest BCUT2D eigenvalue weighted by atomic mass is 19.1. The fourth-order valence-electron chi connectivity index (χ4n) is 3.46. The third-order valence-corrected chi connectivity index (χ3v) is 4.60. The van der Waals surface area contributed by atoms with Gasteiger partial charge in [-0.1, -0.05) is 12.1 Å². The summed E-state index contributed by atoms with van der Waals surface area (Å²) in [5, 5.41) is 11.5. The van der Waals surface area contributed by atoms with E-state index in [0.29, 0.717) is 5.56 Å². The summed E-state index contributed by atoms with van der Waals surface area (Å²) in [5.74, 6) is -1.11. The Morgan fingerprint density at radius 3 is 2.60 bits per heavy atom. The Balaban J connectivity index is 1.78. The molecule has 0 aliphatic carbocycles. The third kappa shape index (κ3) is 3.28. The highest BCUT2D eigenvalue weighted by molar-refractivity contribution is 5.61. The van der Waals surface area contributed by atoms with Gasteiger partial charge in [0.2, 0.25) is 0 Å². The van der Waals surface area contributed by atoms with Gasteiger partial charge in [0.15, 0.2) is 0 Å². The van der Waals surface area contributed by atoms with Crippen molar-refractivity contribution in [2.75, 3.05) is 6.54 Å². The van der Waals surface area contributed by atoms with Crippen molar-refractivity contribution in [3.8, 4) is 11.3 Å². The zero-order chi connectivity index (χ0) is 17.2. The van der Waals surface area contributed by atoms with Gasteiger partial charge in [-0.2, -0.15) is 10.2 Å². The molecule has 0 saturated carbocycles. The van der Waals surface area contributed by atoms with Gasteiger partial charge < -0.3 is 5.32 Å². The molecule has 0 bridgehead atoms. The Bertz CT molecular complexity index is 876. The summed E-state index contributed by atoms with van der Waals surface area (Å²) in [7, 11) is 0. The highest BCUT2D eigenvalue weighted by Gasteiger charge is 2.22. The Morgan fingerprint density at radius 1 is 1.00 bits per heavy atom. The lowest BCUT2D eigenvalue weighted by atomic mass is 9.85. The first-order valence-corrected chi connectivity index (χ1v) is 8.28. The quantitative estimate of drug-likeness (QED) is 0.767. The maximum Gasteiger partial charge on any atom is 0.126 e. The second-order valence-electron chi connectivity index (χ2n) is 6.24. The summed E-state index contributed by atoms with van der Waals surface area (Å²) in [6, 6.07) is 13.7. The van der Waals surface area contributed by atoms with Crippen LogP contribution in [0.25, 0.3) is 11.3 Å². The van der Waals surface area contributed by atoms with Crippen LogP contribution >= 0.6 is 0 Å². The number of fused-ring (bicyclic) bond motifs is 1. The molecular weight excluding hydrogens is 320 g/mol. The van der Waals surface area contributed by atoms with Crippen molar-refractivity contribution in [2.24, 2.45) is 0 Å². The van der Waals surface area contributed by atoms with E-state index in [1.54, 1.807) is 6.20 Å². The second-order valence-corrected chi connectivity index (χ2v) is 6.24. The predicted octanol–water partition coefficient (Wildman–Crippen LogP) is 4.05. The molecule has 1 atom stereocenters. The molecule has 0 amide bonds. The average Bonchev–Trinajstić information content (AvgIpc) is 2.83. The van der Waals surface area contributed by atoms with Crippen LogP contribution in [-0.2, 0) is 6.54 Å². The van der Waals surface area contributed by atoms with E-state index in [0.717, 1.165) is 48.0 Å². The first kappa shape index (κ1) is 15.8. The molecule has 0 radical (unpaired) electrons. The molecule has 3 nitrogen and oxygen atoms in total. The molecule has 1 aromatic heterocycles. The van der Waals surface area contributed by atoms with E-state index in [2.05, 4.69) is 21.6 Å². The fourth-order valence-corrected chi connectivity index (χ4v) is 3.46. The van der Waals surface area contributed by atoms with Crippen LogP contribution in [0.1, 0.15) is 29.0 Å². The number of hydrogen-bond acceptors (Lipinski definition) is 3. The van der Waals surface area contributed by atoms with E-state index < -0.39 is 11.6 Å². The van der Waals surface area contributed by atoms with Crippen molar-refractivity contribution in [1.82, 2.24) is 15.5 Å². The summed E-state index contributed by atoms with van der Waals surface area (Å²) in [4.78, 5) is 0. The van der Waals surface area contributed by atoms with Crippen molar-refractivity contribution in [2.45, 2.75) is 18.9 Å². The Labute approximate surface area is 144 Å². The van der Waals surface area contributed by atoms with Gasteiger partial charge >= 0.3 is 0 Å². The maximum absolute atomic E-state index is 13.7. The molecule has 1 unspecified atom stereocenters. The summed E-state index contributed by atoms with van der Waals surface area (Å²) in [6.45, 7) is 1.51. The number of nitrogens with zero attached hydrogens (tertiary/aromatic N) is 2. The second kappa shape index (κ2) is 6.69. The maximum atomic E-state index is 13.7. The number of nitrogens with one attached hydrogen (secondary N) is 1. The van der Waals surface area contributed by atoms with Gasteiger partial charge in [0.05, 0.1) is 5.69 Å². The van der Waals surface area contributed by atoms with Crippen LogP contribution in [0.2, 0.25) is 0 Å².